The van der Waals surface area contributed by atoms with Gasteiger partial charge in [0.1, 0.15) is 19.0 Å². The van der Waals surface area contributed by atoms with Crippen LogP contribution in [0.2, 0.25) is 0 Å². The van der Waals surface area contributed by atoms with Gasteiger partial charge in [0.05, 0.1) is 6.42 Å². The third kappa shape index (κ3) is 6.30. The zero-order valence-electron chi connectivity index (χ0n) is 14.6. The lowest BCUT2D eigenvalue weighted by molar-refractivity contribution is -0.144. The molecule has 0 heterocycles. The second-order valence-electron chi connectivity index (χ2n) is 5.71. The van der Waals surface area contributed by atoms with Crippen molar-refractivity contribution in [3.63, 3.8) is 0 Å². The lowest BCUT2D eigenvalue weighted by Crippen LogP contribution is -2.26. The van der Waals surface area contributed by atoms with Gasteiger partial charge in [-0.3, -0.25) is 9.59 Å². The first-order chi connectivity index (χ1) is 12.1. The van der Waals surface area contributed by atoms with Gasteiger partial charge >= 0.3 is 5.97 Å². The predicted molar refractivity (Wildman–Crippen MR) is 95.8 cm³/mol. The number of amides is 1. The van der Waals surface area contributed by atoms with E-state index in [4.69, 9.17) is 9.47 Å². The number of aryl methyl sites for hydroxylation is 2. The maximum atomic E-state index is 11.8. The van der Waals surface area contributed by atoms with E-state index in [9.17, 15) is 9.59 Å². The number of carbonyl (C=O) groups is 2. The molecule has 5 nitrogen and oxygen atoms in total. The first-order valence-electron chi connectivity index (χ1n) is 8.25. The minimum Gasteiger partial charge on any atom is -0.490 e. The minimum absolute atomic E-state index is 0.127. The summed E-state index contributed by atoms with van der Waals surface area (Å²) in [5.74, 6) is 0.232. The van der Waals surface area contributed by atoms with E-state index in [0.717, 1.165) is 16.9 Å². The summed E-state index contributed by atoms with van der Waals surface area (Å²) in [5, 5.41) is 2.69. The summed E-state index contributed by atoms with van der Waals surface area (Å²) >= 11 is 0. The summed E-state index contributed by atoms with van der Waals surface area (Å²) in [7, 11) is 0. The van der Waals surface area contributed by atoms with Gasteiger partial charge < -0.3 is 14.8 Å². The quantitative estimate of drug-likeness (QED) is 0.592. The Balaban J connectivity index is 1.61. The number of benzene rings is 2. The van der Waals surface area contributed by atoms with Gasteiger partial charge in [0.2, 0.25) is 0 Å². The van der Waals surface area contributed by atoms with Gasteiger partial charge in [-0.25, -0.2) is 0 Å². The fourth-order valence-electron chi connectivity index (χ4n) is 2.21. The molecule has 0 bridgehead atoms. The molecule has 2 rings (SSSR count). The fraction of sp³-hybridized carbons (Fsp3) is 0.300. The Morgan fingerprint density at radius 2 is 1.76 bits per heavy atom. The number of hydrogen-bond acceptors (Lipinski definition) is 4. The number of esters is 1. The molecular formula is C20H23NO4. The topological polar surface area (TPSA) is 64.6 Å². The highest BCUT2D eigenvalue weighted by atomic mass is 16.6. The molecule has 2 aromatic carbocycles. The van der Waals surface area contributed by atoms with Gasteiger partial charge in [-0.15, -0.1) is 0 Å². The highest BCUT2D eigenvalue weighted by Gasteiger charge is 2.07. The van der Waals surface area contributed by atoms with Crippen molar-refractivity contribution in [2.24, 2.45) is 0 Å². The normalized spacial score (nSPS) is 10.2. The molecule has 1 N–H and O–H groups in total. The molecule has 25 heavy (non-hydrogen) atoms. The second-order valence-corrected chi connectivity index (χ2v) is 5.71. The number of nitrogens with one attached hydrogen (secondary N) is 1. The largest absolute Gasteiger partial charge is 0.490 e. The van der Waals surface area contributed by atoms with Crippen LogP contribution in [0, 0.1) is 13.8 Å². The highest BCUT2D eigenvalue weighted by Crippen LogP contribution is 2.18. The molecule has 0 saturated heterocycles. The molecule has 0 aliphatic heterocycles. The standard InChI is InChI=1S/C20H23NO4/c1-15-8-9-16(2)18(14-15)24-12-13-25-19(22)10-11-21-20(23)17-6-4-3-5-7-17/h3-9,14H,10-13H2,1-2H3,(H,21,23). The summed E-state index contributed by atoms with van der Waals surface area (Å²) in [4.78, 5) is 23.5. The smallest absolute Gasteiger partial charge is 0.307 e. The number of carbonyl (C=O) groups excluding carboxylic acids is 2. The average molecular weight is 341 g/mol. The minimum atomic E-state index is -0.363. The van der Waals surface area contributed by atoms with Crippen molar-refractivity contribution in [2.75, 3.05) is 19.8 Å². The van der Waals surface area contributed by atoms with Crippen LogP contribution in [-0.2, 0) is 9.53 Å². The van der Waals surface area contributed by atoms with Crippen molar-refractivity contribution in [2.45, 2.75) is 20.3 Å². The Bertz CT molecular complexity index is 713. The molecule has 0 saturated carbocycles. The van der Waals surface area contributed by atoms with Crippen LogP contribution < -0.4 is 10.1 Å². The fourth-order valence-corrected chi connectivity index (χ4v) is 2.21. The third-order valence-corrected chi connectivity index (χ3v) is 3.60. The summed E-state index contributed by atoms with van der Waals surface area (Å²) < 4.78 is 10.7. The maximum Gasteiger partial charge on any atom is 0.307 e. The van der Waals surface area contributed by atoms with E-state index in [0.29, 0.717) is 12.2 Å². The Labute approximate surface area is 148 Å². The zero-order valence-corrected chi connectivity index (χ0v) is 14.6. The first kappa shape index (κ1) is 18.5. The Morgan fingerprint density at radius 3 is 2.52 bits per heavy atom. The molecule has 0 aliphatic rings. The SMILES string of the molecule is Cc1ccc(C)c(OCCOC(=O)CCNC(=O)c2ccccc2)c1. The van der Waals surface area contributed by atoms with E-state index < -0.39 is 0 Å². The molecule has 0 aliphatic carbocycles. The Hall–Kier alpha value is -2.82. The molecule has 0 fully saturated rings. The van der Waals surface area contributed by atoms with E-state index in [2.05, 4.69) is 5.32 Å². The second kappa shape index (κ2) is 9.47. The molecule has 0 aromatic heterocycles. The lowest BCUT2D eigenvalue weighted by atomic mass is 10.1. The summed E-state index contributed by atoms with van der Waals surface area (Å²) in [6.07, 6.45) is 0.127. The molecule has 0 radical (unpaired) electrons. The molecule has 0 unspecified atom stereocenters. The van der Waals surface area contributed by atoms with Crippen LogP contribution in [0.4, 0.5) is 0 Å². The van der Waals surface area contributed by atoms with Gasteiger partial charge in [-0.1, -0.05) is 30.3 Å². The Morgan fingerprint density at radius 1 is 1.00 bits per heavy atom. The molecule has 0 atom stereocenters. The van der Waals surface area contributed by atoms with Crippen molar-refractivity contribution >= 4 is 11.9 Å². The van der Waals surface area contributed by atoms with Crippen LogP contribution in [-0.4, -0.2) is 31.6 Å². The van der Waals surface area contributed by atoms with Crippen molar-refractivity contribution in [3.8, 4) is 5.75 Å². The van der Waals surface area contributed by atoms with Gasteiger partial charge in [0.15, 0.2) is 0 Å². The van der Waals surface area contributed by atoms with E-state index in [1.54, 1.807) is 24.3 Å². The van der Waals surface area contributed by atoms with Gasteiger partial charge in [-0.2, -0.15) is 0 Å². The summed E-state index contributed by atoms with van der Waals surface area (Å²) in [6.45, 7) is 4.68. The number of hydrogen-bond donors (Lipinski definition) is 1. The average Bonchev–Trinajstić information content (AvgIpc) is 2.62. The van der Waals surface area contributed by atoms with E-state index in [-0.39, 0.29) is 31.4 Å². The molecular weight excluding hydrogens is 318 g/mol. The van der Waals surface area contributed by atoms with E-state index in [1.807, 2.05) is 38.1 Å². The Kier molecular flexibility index (Phi) is 7.01. The molecule has 5 heteroatoms. The monoisotopic (exact) mass is 341 g/mol. The number of rotatable bonds is 8. The summed E-state index contributed by atoms with van der Waals surface area (Å²) in [6, 6.07) is 14.8. The van der Waals surface area contributed by atoms with Crippen molar-refractivity contribution in [1.82, 2.24) is 5.32 Å². The molecule has 132 valence electrons. The van der Waals surface area contributed by atoms with Crippen LogP contribution in [0.25, 0.3) is 0 Å². The molecule has 2 aromatic rings. The van der Waals surface area contributed by atoms with Gasteiger partial charge in [0.25, 0.3) is 5.91 Å². The van der Waals surface area contributed by atoms with E-state index >= 15 is 0 Å². The van der Waals surface area contributed by atoms with Crippen molar-refractivity contribution in [1.29, 1.82) is 0 Å². The predicted octanol–water partition coefficient (Wildman–Crippen LogP) is 3.05. The molecule has 0 spiro atoms. The third-order valence-electron chi connectivity index (χ3n) is 3.60. The maximum absolute atomic E-state index is 11.8. The van der Waals surface area contributed by atoms with Crippen LogP contribution in [0.15, 0.2) is 48.5 Å². The molecule has 1 amide bonds. The summed E-state index contributed by atoms with van der Waals surface area (Å²) in [5.41, 5.74) is 2.73. The first-order valence-corrected chi connectivity index (χ1v) is 8.25. The van der Waals surface area contributed by atoms with Crippen LogP contribution in [0.5, 0.6) is 5.75 Å². The van der Waals surface area contributed by atoms with Crippen LogP contribution in [0.3, 0.4) is 0 Å². The van der Waals surface area contributed by atoms with Crippen LogP contribution in [0.1, 0.15) is 27.9 Å². The van der Waals surface area contributed by atoms with Crippen LogP contribution >= 0.6 is 0 Å². The highest BCUT2D eigenvalue weighted by molar-refractivity contribution is 5.94. The number of ether oxygens (including phenoxy) is 2. The lowest BCUT2D eigenvalue weighted by Gasteiger charge is -2.10. The zero-order chi connectivity index (χ0) is 18.1. The van der Waals surface area contributed by atoms with Crippen molar-refractivity contribution < 1.29 is 19.1 Å². The van der Waals surface area contributed by atoms with E-state index in [1.165, 1.54) is 0 Å². The van der Waals surface area contributed by atoms with Gasteiger partial charge in [-0.05, 0) is 43.2 Å². The van der Waals surface area contributed by atoms with Gasteiger partial charge in [0, 0.05) is 12.1 Å². The van der Waals surface area contributed by atoms with Crippen molar-refractivity contribution in [3.05, 3.63) is 65.2 Å².